The predicted octanol–water partition coefficient (Wildman–Crippen LogP) is 5.10. The Labute approximate surface area is 131 Å². The van der Waals surface area contributed by atoms with Gasteiger partial charge in [-0.3, -0.25) is 0 Å². The highest BCUT2D eigenvalue weighted by atomic mass is 16.5. The van der Waals surface area contributed by atoms with Gasteiger partial charge in [-0.25, -0.2) is 0 Å². The van der Waals surface area contributed by atoms with Crippen LogP contribution in [0.2, 0.25) is 0 Å². The summed E-state index contributed by atoms with van der Waals surface area (Å²) in [5.74, 6) is 0.993. The van der Waals surface area contributed by atoms with Gasteiger partial charge in [0.25, 0.3) is 0 Å². The zero-order valence-corrected chi connectivity index (χ0v) is 13.9. The summed E-state index contributed by atoms with van der Waals surface area (Å²) in [5, 5.41) is 0. The maximum absolute atomic E-state index is 5.95. The number of aryl methyl sites for hydroxylation is 1. The Kier molecular flexibility index (Phi) is 9.98. The summed E-state index contributed by atoms with van der Waals surface area (Å²) in [6, 6.07) is 8.83. The van der Waals surface area contributed by atoms with Crippen molar-refractivity contribution in [2.24, 2.45) is 5.73 Å². The molecule has 0 aromatic heterocycles. The molecule has 120 valence electrons. The van der Waals surface area contributed by atoms with E-state index in [1.165, 1.54) is 37.7 Å². The minimum atomic E-state index is 0.327. The van der Waals surface area contributed by atoms with Crippen LogP contribution in [0.4, 0.5) is 0 Å². The molecule has 1 aromatic carbocycles. The molecule has 2 heteroatoms. The molecule has 1 unspecified atom stereocenters. The Hall–Kier alpha value is -1.02. The molecule has 2 nitrogen and oxygen atoms in total. The lowest BCUT2D eigenvalue weighted by Crippen LogP contribution is -2.19. The summed E-state index contributed by atoms with van der Waals surface area (Å²) < 4.78 is 5.79. The van der Waals surface area contributed by atoms with Crippen molar-refractivity contribution in [1.82, 2.24) is 0 Å². The van der Waals surface area contributed by atoms with Gasteiger partial charge < -0.3 is 10.5 Å². The fourth-order valence-electron chi connectivity index (χ4n) is 2.38. The zero-order chi connectivity index (χ0) is 15.3. The fraction of sp³-hybridized carbons (Fsp3) is 0.684. The lowest BCUT2D eigenvalue weighted by atomic mass is 10.0. The van der Waals surface area contributed by atoms with E-state index in [4.69, 9.17) is 10.5 Å². The van der Waals surface area contributed by atoms with Crippen molar-refractivity contribution in [3.8, 4) is 5.75 Å². The molecule has 0 aliphatic rings. The first-order chi connectivity index (χ1) is 10.3. The third kappa shape index (κ3) is 8.77. The lowest BCUT2D eigenvalue weighted by molar-refractivity contribution is 0.304. The van der Waals surface area contributed by atoms with Gasteiger partial charge in [0.2, 0.25) is 0 Å². The lowest BCUT2D eigenvalue weighted by Gasteiger charge is -2.09. The molecule has 1 atom stereocenters. The van der Waals surface area contributed by atoms with E-state index < -0.39 is 0 Å². The number of ether oxygens (including phenoxy) is 1. The number of hydrogen-bond acceptors (Lipinski definition) is 2. The Morgan fingerprint density at radius 2 is 1.62 bits per heavy atom. The zero-order valence-electron chi connectivity index (χ0n) is 13.9. The van der Waals surface area contributed by atoms with Crippen LogP contribution in [0, 0.1) is 0 Å². The SMILES string of the molecule is CCCCCCCCOc1ccc(CCC(N)CC)cc1. The molecule has 0 aliphatic carbocycles. The highest BCUT2D eigenvalue weighted by Crippen LogP contribution is 2.15. The van der Waals surface area contributed by atoms with E-state index in [1.54, 1.807) is 0 Å². The molecule has 2 N–H and O–H groups in total. The van der Waals surface area contributed by atoms with Gasteiger partial charge in [-0.15, -0.1) is 0 Å². The van der Waals surface area contributed by atoms with E-state index in [0.717, 1.165) is 38.0 Å². The Morgan fingerprint density at radius 3 is 2.29 bits per heavy atom. The van der Waals surface area contributed by atoms with Gasteiger partial charge in [-0.1, -0.05) is 58.1 Å². The topological polar surface area (TPSA) is 35.2 Å². The van der Waals surface area contributed by atoms with E-state index in [-0.39, 0.29) is 0 Å². The van der Waals surface area contributed by atoms with Gasteiger partial charge >= 0.3 is 0 Å². The van der Waals surface area contributed by atoms with Crippen LogP contribution in [0.1, 0.15) is 70.8 Å². The van der Waals surface area contributed by atoms with Gasteiger partial charge in [0.05, 0.1) is 6.61 Å². The third-order valence-corrected chi connectivity index (χ3v) is 4.02. The van der Waals surface area contributed by atoms with E-state index >= 15 is 0 Å². The molecule has 0 heterocycles. The average Bonchev–Trinajstić information content (AvgIpc) is 2.52. The van der Waals surface area contributed by atoms with Crippen molar-refractivity contribution < 1.29 is 4.74 Å². The summed E-state index contributed by atoms with van der Waals surface area (Å²) in [5.41, 5.74) is 7.30. The van der Waals surface area contributed by atoms with Crippen molar-refractivity contribution in [3.63, 3.8) is 0 Å². The molecule has 1 aromatic rings. The maximum Gasteiger partial charge on any atom is 0.119 e. The van der Waals surface area contributed by atoms with Crippen molar-refractivity contribution in [1.29, 1.82) is 0 Å². The monoisotopic (exact) mass is 291 g/mol. The summed E-state index contributed by atoms with van der Waals surface area (Å²) in [6.45, 7) is 5.23. The number of rotatable bonds is 12. The van der Waals surface area contributed by atoms with Gasteiger partial charge in [-0.2, -0.15) is 0 Å². The van der Waals surface area contributed by atoms with Gasteiger partial charge in [0, 0.05) is 6.04 Å². The van der Waals surface area contributed by atoms with Crippen molar-refractivity contribution in [2.45, 2.75) is 77.7 Å². The van der Waals surface area contributed by atoms with E-state index in [2.05, 4.69) is 38.1 Å². The third-order valence-electron chi connectivity index (χ3n) is 4.02. The second-order valence-electron chi connectivity index (χ2n) is 5.97. The molecule has 0 aliphatic heterocycles. The fourth-order valence-corrected chi connectivity index (χ4v) is 2.38. The molecular weight excluding hydrogens is 258 g/mol. The standard InChI is InChI=1S/C19H33NO/c1-3-5-6-7-8-9-16-21-19-14-11-17(12-15-19)10-13-18(20)4-2/h11-12,14-15,18H,3-10,13,16,20H2,1-2H3. The van der Waals surface area contributed by atoms with Gasteiger partial charge in [-0.05, 0) is 43.4 Å². The summed E-state index contributed by atoms with van der Waals surface area (Å²) in [7, 11) is 0. The Balaban J connectivity index is 2.13. The Bertz CT molecular complexity index is 347. The van der Waals surface area contributed by atoms with Crippen LogP contribution in [-0.2, 0) is 6.42 Å². The van der Waals surface area contributed by atoms with Gasteiger partial charge in [0.15, 0.2) is 0 Å². The molecule has 0 radical (unpaired) electrons. The molecular formula is C19H33NO. The van der Waals surface area contributed by atoms with Crippen LogP contribution in [0.25, 0.3) is 0 Å². The van der Waals surface area contributed by atoms with E-state index in [1.807, 2.05) is 0 Å². The normalized spacial score (nSPS) is 12.3. The molecule has 0 saturated heterocycles. The Morgan fingerprint density at radius 1 is 0.952 bits per heavy atom. The largest absolute Gasteiger partial charge is 0.494 e. The number of nitrogens with two attached hydrogens (primary N) is 1. The molecule has 0 saturated carbocycles. The van der Waals surface area contributed by atoms with Crippen LogP contribution in [-0.4, -0.2) is 12.6 Å². The first kappa shape index (κ1) is 18.0. The van der Waals surface area contributed by atoms with Crippen molar-refractivity contribution >= 4 is 0 Å². The highest BCUT2D eigenvalue weighted by Gasteiger charge is 2.01. The van der Waals surface area contributed by atoms with Crippen LogP contribution in [0.5, 0.6) is 5.75 Å². The smallest absolute Gasteiger partial charge is 0.119 e. The summed E-state index contributed by atoms with van der Waals surface area (Å²) in [4.78, 5) is 0. The van der Waals surface area contributed by atoms with Crippen LogP contribution < -0.4 is 10.5 Å². The second kappa shape index (κ2) is 11.6. The summed E-state index contributed by atoms with van der Waals surface area (Å²) in [6.07, 6.45) is 11.0. The van der Waals surface area contributed by atoms with Crippen molar-refractivity contribution in [2.75, 3.05) is 6.61 Å². The molecule has 21 heavy (non-hydrogen) atoms. The molecule has 1 rings (SSSR count). The van der Waals surface area contributed by atoms with E-state index in [9.17, 15) is 0 Å². The second-order valence-corrected chi connectivity index (χ2v) is 5.97. The number of hydrogen-bond donors (Lipinski definition) is 1. The van der Waals surface area contributed by atoms with Crippen molar-refractivity contribution in [3.05, 3.63) is 29.8 Å². The van der Waals surface area contributed by atoms with Crippen LogP contribution in [0.15, 0.2) is 24.3 Å². The predicted molar refractivity (Wildman–Crippen MR) is 91.9 cm³/mol. The number of benzene rings is 1. The van der Waals surface area contributed by atoms with Crippen LogP contribution >= 0.6 is 0 Å². The molecule has 0 amide bonds. The van der Waals surface area contributed by atoms with E-state index in [0.29, 0.717) is 6.04 Å². The van der Waals surface area contributed by atoms with Gasteiger partial charge in [0.1, 0.15) is 5.75 Å². The maximum atomic E-state index is 5.95. The first-order valence-electron chi connectivity index (χ1n) is 8.73. The first-order valence-corrected chi connectivity index (χ1v) is 8.73. The summed E-state index contributed by atoms with van der Waals surface area (Å²) >= 11 is 0. The minimum absolute atomic E-state index is 0.327. The minimum Gasteiger partial charge on any atom is -0.494 e. The quantitative estimate of drug-likeness (QED) is 0.544. The van der Waals surface area contributed by atoms with Crippen LogP contribution in [0.3, 0.4) is 0 Å². The average molecular weight is 291 g/mol. The molecule has 0 spiro atoms. The molecule has 0 fully saturated rings. The molecule has 0 bridgehead atoms. The highest BCUT2D eigenvalue weighted by molar-refractivity contribution is 5.27. The number of unbranched alkanes of at least 4 members (excludes halogenated alkanes) is 5.